The van der Waals surface area contributed by atoms with Gasteiger partial charge in [0.2, 0.25) is 0 Å². The first kappa shape index (κ1) is 12.7. The molecule has 0 atom stereocenters. The van der Waals surface area contributed by atoms with Gasteiger partial charge in [0.25, 0.3) is 5.69 Å². The monoisotopic (exact) mass is 359 g/mol. The van der Waals surface area contributed by atoms with Gasteiger partial charge < -0.3 is 0 Å². The van der Waals surface area contributed by atoms with Crippen molar-refractivity contribution in [1.82, 2.24) is 0 Å². The molecule has 4 nitrogen and oxygen atoms in total. The van der Waals surface area contributed by atoms with E-state index >= 15 is 0 Å². The van der Waals surface area contributed by atoms with E-state index in [1.54, 1.807) is 0 Å². The summed E-state index contributed by atoms with van der Waals surface area (Å²) in [7, 11) is 0. The molecule has 15 heavy (non-hydrogen) atoms. The van der Waals surface area contributed by atoms with Crippen molar-refractivity contribution in [2.75, 3.05) is 5.88 Å². The maximum Gasteiger partial charge on any atom is 0.271 e. The van der Waals surface area contributed by atoms with Crippen LogP contribution in [0, 0.1) is 13.7 Å². The van der Waals surface area contributed by atoms with Crippen LogP contribution >= 0.6 is 45.8 Å². The van der Waals surface area contributed by atoms with Crippen LogP contribution < -0.4 is 0 Å². The van der Waals surface area contributed by atoms with Gasteiger partial charge in [0.1, 0.15) is 0 Å². The van der Waals surface area contributed by atoms with E-state index in [2.05, 4.69) is 0 Å². The number of hydrogen-bond acceptors (Lipinski definition) is 3. The molecule has 1 rings (SSSR count). The lowest BCUT2D eigenvalue weighted by Crippen LogP contribution is -2.04. The predicted molar refractivity (Wildman–Crippen MR) is 65.9 cm³/mol. The van der Waals surface area contributed by atoms with Gasteiger partial charge in [0, 0.05) is 21.3 Å². The molecule has 0 aliphatic carbocycles. The second-order valence-corrected chi connectivity index (χ2v) is 4.36. The largest absolute Gasteiger partial charge is 0.293 e. The van der Waals surface area contributed by atoms with Crippen LogP contribution in [0.15, 0.2) is 12.1 Å². The molecule has 0 heterocycles. The van der Waals surface area contributed by atoms with Gasteiger partial charge in [-0.3, -0.25) is 14.9 Å². The molecule has 0 fully saturated rings. The van der Waals surface area contributed by atoms with E-state index in [0.717, 1.165) is 0 Å². The minimum atomic E-state index is -0.604. The Morgan fingerprint density at radius 1 is 1.53 bits per heavy atom. The van der Waals surface area contributed by atoms with Crippen molar-refractivity contribution in [2.24, 2.45) is 0 Å². The van der Waals surface area contributed by atoms with Crippen molar-refractivity contribution in [3.63, 3.8) is 0 Å². The number of benzene rings is 1. The van der Waals surface area contributed by atoms with E-state index in [9.17, 15) is 14.9 Å². The van der Waals surface area contributed by atoms with Crippen LogP contribution in [-0.4, -0.2) is 16.6 Å². The van der Waals surface area contributed by atoms with Crippen LogP contribution in [0.1, 0.15) is 10.4 Å². The first-order chi connectivity index (χ1) is 6.97. The highest BCUT2D eigenvalue weighted by Crippen LogP contribution is 2.28. The Kier molecular flexibility index (Phi) is 4.30. The fourth-order valence-corrected chi connectivity index (χ4v) is 1.92. The number of non-ortho nitro benzene ring substituents is 1. The Hall–Kier alpha value is -0.400. The Bertz CT molecular complexity index is 436. The van der Waals surface area contributed by atoms with Crippen LogP contribution in [0.2, 0.25) is 5.02 Å². The van der Waals surface area contributed by atoms with Crippen LogP contribution in [0.25, 0.3) is 0 Å². The molecule has 80 valence electrons. The number of ketones is 1. The summed E-state index contributed by atoms with van der Waals surface area (Å²) in [6.45, 7) is 0. The fourth-order valence-electron chi connectivity index (χ4n) is 0.955. The molecule has 0 aliphatic heterocycles. The summed E-state index contributed by atoms with van der Waals surface area (Å²) in [5.41, 5.74) is -0.0290. The minimum absolute atomic E-state index is 0.179. The first-order valence-electron chi connectivity index (χ1n) is 3.70. The molecule has 1 aromatic rings. The summed E-state index contributed by atoms with van der Waals surface area (Å²) in [4.78, 5) is 21.3. The van der Waals surface area contributed by atoms with Gasteiger partial charge >= 0.3 is 0 Å². The summed E-state index contributed by atoms with van der Waals surface area (Å²) in [6.07, 6.45) is 0. The molecule has 0 spiro atoms. The standard InChI is InChI=1S/C8H4Cl2INO3/c9-3-7(13)5-1-4(12(14)15)2-6(10)8(5)11/h1-2H,3H2. The second kappa shape index (κ2) is 5.09. The van der Waals surface area contributed by atoms with Crippen molar-refractivity contribution < 1.29 is 9.72 Å². The van der Waals surface area contributed by atoms with Crippen LogP contribution in [0.4, 0.5) is 5.69 Å². The molecule has 0 radical (unpaired) electrons. The Balaban J connectivity index is 3.37. The summed E-state index contributed by atoms with van der Waals surface area (Å²) in [6, 6.07) is 2.38. The molecule has 0 amide bonds. The highest BCUT2D eigenvalue weighted by molar-refractivity contribution is 14.1. The number of carbonyl (C=O) groups excluding carboxylic acids is 1. The smallest absolute Gasteiger partial charge is 0.271 e. The average Bonchev–Trinajstić information content (AvgIpc) is 2.20. The number of rotatable bonds is 3. The van der Waals surface area contributed by atoms with Crippen molar-refractivity contribution >= 4 is 57.3 Å². The molecule has 0 N–H and O–H groups in total. The molecule has 0 unspecified atom stereocenters. The Morgan fingerprint density at radius 2 is 2.13 bits per heavy atom. The Labute approximate surface area is 109 Å². The van der Waals surface area contributed by atoms with E-state index in [0.29, 0.717) is 3.57 Å². The number of nitro groups is 1. The third kappa shape index (κ3) is 2.79. The zero-order valence-electron chi connectivity index (χ0n) is 7.17. The number of hydrogen-bond donors (Lipinski definition) is 0. The molecule has 1 aromatic carbocycles. The van der Waals surface area contributed by atoms with Crippen LogP contribution in [-0.2, 0) is 0 Å². The van der Waals surface area contributed by atoms with Crippen molar-refractivity contribution in [1.29, 1.82) is 0 Å². The maximum atomic E-state index is 11.3. The predicted octanol–water partition coefficient (Wildman–Crippen LogP) is 3.27. The lowest BCUT2D eigenvalue weighted by atomic mass is 10.1. The normalized spacial score (nSPS) is 10.1. The third-order valence-corrected chi connectivity index (χ3v) is 3.67. The Morgan fingerprint density at radius 3 is 2.60 bits per heavy atom. The number of nitrogens with zero attached hydrogens (tertiary/aromatic N) is 1. The van der Waals surface area contributed by atoms with Gasteiger partial charge in [-0.05, 0) is 22.6 Å². The highest BCUT2D eigenvalue weighted by Gasteiger charge is 2.18. The van der Waals surface area contributed by atoms with Crippen molar-refractivity contribution in [3.05, 3.63) is 36.4 Å². The summed E-state index contributed by atoms with van der Waals surface area (Å²) in [5.74, 6) is -0.611. The van der Waals surface area contributed by atoms with E-state index < -0.39 is 4.92 Å². The zero-order valence-corrected chi connectivity index (χ0v) is 10.8. The van der Waals surface area contributed by atoms with Gasteiger partial charge in [0.15, 0.2) is 5.78 Å². The van der Waals surface area contributed by atoms with Crippen molar-refractivity contribution in [2.45, 2.75) is 0 Å². The number of carbonyl (C=O) groups is 1. The van der Waals surface area contributed by atoms with E-state index in [1.165, 1.54) is 12.1 Å². The van der Waals surface area contributed by atoms with Crippen molar-refractivity contribution in [3.8, 4) is 0 Å². The number of nitro benzene ring substituents is 1. The maximum absolute atomic E-state index is 11.3. The zero-order chi connectivity index (χ0) is 11.6. The van der Waals surface area contributed by atoms with Gasteiger partial charge in [-0.2, -0.15) is 0 Å². The molecular formula is C8H4Cl2INO3. The van der Waals surface area contributed by atoms with Crippen LogP contribution in [0.3, 0.4) is 0 Å². The second-order valence-electron chi connectivity index (χ2n) is 2.60. The summed E-state index contributed by atoms with van der Waals surface area (Å²) < 4.78 is 0.477. The lowest BCUT2D eigenvalue weighted by Gasteiger charge is -2.03. The quantitative estimate of drug-likeness (QED) is 0.273. The molecule has 0 saturated heterocycles. The SMILES string of the molecule is O=C(CCl)c1cc([N+](=O)[O-])cc(Cl)c1I. The molecule has 0 bridgehead atoms. The molecule has 0 saturated carbocycles. The molecule has 7 heteroatoms. The van der Waals surface area contributed by atoms with E-state index in [4.69, 9.17) is 23.2 Å². The molecule has 0 aromatic heterocycles. The lowest BCUT2D eigenvalue weighted by molar-refractivity contribution is -0.384. The average molecular weight is 360 g/mol. The van der Waals surface area contributed by atoms with Gasteiger partial charge in [0.05, 0.1) is 15.8 Å². The molecular weight excluding hydrogens is 356 g/mol. The van der Waals surface area contributed by atoms with Gasteiger partial charge in [-0.1, -0.05) is 11.6 Å². The summed E-state index contributed by atoms with van der Waals surface area (Å²) in [5, 5.41) is 10.7. The first-order valence-corrected chi connectivity index (χ1v) is 5.69. The fraction of sp³-hybridized carbons (Fsp3) is 0.125. The van der Waals surface area contributed by atoms with Gasteiger partial charge in [-0.25, -0.2) is 0 Å². The number of alkyl halides is 1. The number of halogens is 3. The minimum Gasteiger partial charge on any atom is -0.293 e. The van der Waals surface area contributed by atoms with Gasteiger partial charge in [-0.15, -0.1) is 11.6 Å². The van der Waals surface area contributed by atoms with E-state index in [-0.39, 0.29) is 27.9 Å². The topological polar surface area (TPSA) is 60.2 Å². The highest BCUT2D eigenvalue weighted by atomic mass is 127. The van der Waals surface area contributed by atoms with E-state index in [1.807, 2.05) is 22.6 Å². The molecule has 0 aliphatic rings. The van der Waals surface area contributed by atoms with Crippen LogP contribution in [0.5, 0.6) is 0 Å². The third-order valence-electron chi connectivity index (χ3n) is 1.65. The summed E-state index contributed by atoms with van der Waals surface area (Å²) >= 11 is 13.0. The number of Topliss-reactive ketones (excluding diaryl/α,β-unsaturated/α-hetero) is 1.